The van der Waals surface area contributed by atoms with Crippen molar-refractivity contribution in [1.82, 2.24) is 4.98 Å². The summed E-state index contributed by atoms with van der Waals surface area (Å²) in [5.74, 6) is 1.11. The molecular weight excluding hydrogens is 322 g/mol. The van der Waals surface area contributed by atoms with Gasteiger partial charge in [0.1, 0.15) is 5.75 Å². The van der Waals surface area contributed by atoms with E-state index in [1.54, 1.807) is 44.7 Å². The standard InChI is InChI=1S/C17H15FN2O3.Na.H/c1-21-16-8-11-13(9-17(16)22-2)20-6-5-14(11)23-15-4-3-10(19)7-12(15)18;;/h3-9H,19H2,1-2H3;;/q;+1;-1. The number of hydrogen-bond acceptors (Lipinski definition) is 5. The van der Waals surface area contributed by atoms with Gasteiger partial charge in [0.25, 0.3) is 0 Å². The fourth-order valence-electron chi connectivity index (χ4n) is 2.25. The topological polar surface area (TPSA) is 66.6 Å². The summed E-state index contributed by atoms with van der Waals surface area (Å²) in [7, 11) is 3.09. The Morgan fingerprint density at radius 1 is 0.958 bits per heavy atom. The minimum Gasteiger partial charge on any atom is -1.00 e. The van der Waals surface area contributed by atoms with Crippen molar-refractivity contribution in [3.05, 3.63) is 48.4 Å². The van der Waals surface area contributed by atoms with E-state index in [9.17, 15) is 4.39 Å². The largest absolute Gasteiger partial charge is 1.00 e. The molecule has 24 heavy (non-hydrogen) atoms. The number of hydrogen-bond donors (Lipinski definition) is 1. The van der Waals surface area contributed by atoms with E-state index in [1.807, 2.05) is 0 Å². The van der Waals surface area contributed by atoms with Crippen LogP contribution in [0, 0.1) is 5.82 Å². The molecule has 1 heterocycles. The third kappa shape index (κ3) is 3.56. The number of methoxy groups -OCH3 is 2. The van der Waals surface area contributed by atoms with E-state index in [0.717, 1.165) is 0 Å². The summed E-state index contributed by atoms with van der Waals surface area (Å²) in [5.41, 5.74) is 6.53. The molecule has 0 atom stereocenters. The van der Waals surface area contributed by atoms with Crippen LogP contribution in [0.1, 0.15) is 1.43 Å². The second kappa shape index (κ2) is 7.70. The van der Waals surface area contributed by atoms with E-state index in [0.29, 0.717) is 33.8 Å². The minimum atomic E-state index is -0.532. The number of rotatable bonds is 4. The molecule has 0 aliphatic carbocycles. The van der Waals surface area contributed by atoms with Gasteiger partial charge < -0.3 is 21.4 Å². The van der Waals surface area contributed by atoms with Gasteiger partial charge in [0.15, 0.2) is 23.1 Å². The van der Waals surface area contributed by atoms with Crippen molar-refractivity contribution in [2.75, 3.05) is 20.0 Å². The quantitative estimate of drug-likeness (QED) is 0.565. The van der Waals surface area contributed by atoms with Gasteiger partial charge in [0.2, 0.25) is 0 Å². The number of nitrogens with zero attached hydrogens (tertiary/aromatic N) is 1. The van der Waals surface area contributed by atoms with Gasteiger partial charge in [0, 0.05) is 29.4 Å². The Balaban J connectivity index is 0.00000156. The molecule has 2 aromatic carbocycles. The van der Waals surface area contributed by atoms with E-state index < -0.39 is 5.82 Å². The number of fused-ring (bicyclic) bond motifs is 1. The van der Waals surface area contributed by atoms with Gasteiger partial charge >= 0.3 is 29.6 Å². The summed E-state index contributed by atoms with van der Waals surface area (Å²) in [6.07, 6.45) is 1.58. The predicted molar refractivity (Wildman–Crippen MR) is 86.8 cm³/mol. The number of nitrogens with two attached hydrogens (primary N) is 1. The van der Waals surface area contributed by atoms with Gasteiger partial charge in [-0.3, -0.25) is 4.98 Å². The molecule has 0 aliphatic rings. The third-order valence-electron chi connectivity index (χ3n) is 3.38. The predicted octanol–water partition coefficient (Wildman–Crippen LogP) is 0.882. The Hall–Kier alpha value is -2.02. The Kier molecular flexibility index (Phi) is 5.88. The second-order valence-corrected chi connectivity index (χ2v) is 4.83. The zero-order chi connectivity index (χ0) is 16.4. The molecule has 7 heteroatoms. The molecule has 0 bridgehead atoms. The maximum absolute atomic E-state index is 13.9. The molecule has 0 unspecified atom stereocenters. The molecule has 0 radical (unpaired) electrons. The molecule has 0 saturated heterocycles. The van der Waals surface area contributed by atoms with Crippen molar-refractivity contribution < 1.29 is 49.6 Å². The zero-order valence-electron chi connectivity index (χ0n) is 14.7. The van der Waals surface area contributed by atoms with Gasteiger partial charge in [-0.05, 0) is 24.3 Å². The second-order valence-electron chi connectivity index (χ2n) is 4.83. The van der Waals surface area contributed by atoms with Crippen LogP contribution in [-0.4, -0.2) is 19.2 Å². The molecule has 3 rings (SSSR count). The van der Waals surface area contributed by atoms with E-state index in [4.69, 9.17) is 19.9 Å². The molecular formula is C17H16FN2NaO3. The van der Waals surface area contributed by atoms with Crippen molar-refractivity contribution in [2.24, 2.45) is 0 Å². The molecule has 2 N–H and O–H groups in total. The Bertz CT molecular complexity index is 880. The van der Waals surface area contributed by atoms with Crippen LogP contribution in [0.2, 0.25) is 0 Å². The van der Waals surface area contributed by atoms with Gasteiger partial charge in [-0.15, -0.1) is 0 Å². The van der Waals surface area contributed by atoms with E-state index in [-0.39, 0.29) is 36.7 Å². The summed E-state index contributed by atoms with van der Waals surface area (Å²) >= 11 is 0. The van der Waals surface area contributed by atoms with Crippen molar-refractivity contribution in [3.8, 4) is 23.0 Å². The average molecular weight is 338 g/mol. The zero-order valence-corrected chi connectivity index (χ0v) is 15.7. The Morgan fingerprint density at radius 3 is 2.33 bits per heavy atom. The van der Waals surface area contributed by atoms with Crippen molar-refractivity contribution in [2.45, 2.75) is 0 Å². The van der Waals surface area contributed by atoms with Gasteiger partial charge in [-0.2, -0.15) is 0 Å². The van der Waals surface area contributed by atoms with Crippen LogP contribution in [0.3, 0.4) is 0 Å². The summed E-state index contributed by atoms with van der Waals surface area (Å²) in [6.45, 7) is 0. The van der Waals surface area contributed by atoms with Crippen molar-refractivity contribution >= 4 is 16.6 Å². The van der Waals surface area contributed by atoms with Crippen LogP contribution in [0.15, 0.2) is 42.6 Å². The van der Waals surface area contributed by atoms with Crippen LogP contribution in [0.4, 0.5) is 10.1 Å². The molecule has 5 nitrogen and oxygen atoms in total. The smallest absolute Gasteiger partial charge is 1.00 e. The molecule has 0 spiro atoms. The Labute approximate surface area is 162 Å². The van der Waals surface area contributed by atoms with Crippen LogP contribution < -0.4 is 49.5 Å². The number of nitrogen functional groups attached to an aromatic ring is 1. The maximum Gasteiger partial charge on any atom is 1.00 e. The van der Waals surface area contributed by atoms with Crippen molar-refractivity contribution in [1.29, 1.82) is 0 Å². The first-order valence-corrected chi connectivity index (χ1v) is 6.86. The van der Waals surface area contributed by atoms with Gasteiger partial charge in [-0.25, -0.2) is 4.39 Å². The first-order chi connectivity index (χ1) is 11.1. The van der Waals surface area contributed by atoms with E-state index >= 15 is 0 Å². The normalized spacial score (nSPS) is 10.1. The van der Waals surface area contributed by atoms with Crippen LogP contribution in [0.25, 0.3) is 10.9 Å². The number of benzene rings is 2. The number of pyridine rings is 1. The molecule has 0 fully saturated rings. The van der Waals surface area contributed by atoms with E-state index in [1.165, 1.54) is 12.1 Å². The fourth-order valence-corrected chi connectivity index (χ4v) is 2.25. The molecule has 120 valence electrons. The van der Waals surface area contributed by atoms with Crippen molar-refractivity contribution in [3.63, 3.8) is 0 Å². The summed E-state index contributed by atoms with van der Waals surface area (Å²) < 4.78 is 30.2. The maximum atomic E-state index is 13.9. The third-order valence-corrected chi connectivity index (χ3v) is 3.38. The average Bonchev–Trinajstić information content (AvgIpc) is 2.56. The molecule has 1 aromatic heterocycles. The number of anilines is 1. The summed E-state index contributed by atoms with van der Waals surface area (Å²) in [6, 6.07) is 9.40. The first kappa shape index (κ1) is 18.3. The van der Waals surface area contributed by atoms with Crippen LogP contribution >= 0.6 is 0 Å². The molecule has 0 aliphatic heterocycles. The summed E-state index contributed by atoms with van der Waals surface area (Å²) in [5, 5.41) is 0.682. The Morgan fingerprint density at radius 2 is 1.67 bits per heavy atom. The minimum absolute atomic E-state index is 0. The monoisotopic (exact) mass is 338 g/mol. The number of aromatic nitrogens is 1. The summed E-state index contributed by atoms with van der Waals surface area (Å²) in [4.78, 5) is 4.27. The number of halogens is 1. The van der Waals surface area contributed by atoms with Gasteiger partial charge in [-0.1, -0.05) is 0 Å². The SMILES string of the molecule is COc1cc2nccc(Oc3ccc(N)cc3F)c2cc1OC.[H-].[Na+]. The van der Waals surface area contributed by atoms with Gasteiger partial charge in [0.05, 0.1) is 19.7 Å². The van der Waals surface area contributed by atoms with Crippen LogP contribution in [0.5, 0.6) is 23.0 Å². The first-order valence-electron chi connectivity index (χ1n) is 6.86. The number of ether oxygens (including phenoxy) is 3. The molecule has 0 amide bonds. The molecule has 0 saturated carbocycles. The molecule has 3 aromatic rings. The van der Waals surface area contributed by atoms with Crippen LogP contribution in [-0.2, 0) is 0 Å². The van der Waals surface area contributed by atoms with E-state index in [2.05, 4.69) is 4.98 Å². The fraction of sp³-hybridized carbons (Fsp3) is 0.118.